The Kier molecular flexibility index (Phi) is 2.01. The molecule has 2 N–H and O–H groups in total. The van der Waals surface area contributed by atoms with Crippen LogP contribution in [0.2, 0.25) is 0 Å². The number of anilines is 1. The Balaban J connectivity index is 2.44. The van der Waals surface area contributed by atoms with E-state index < -0.39 is 11.8 Å². The van der Waals surface area contributed by atoms with Crippen molar-refractivity contribution in [2.45, 2.75) is 0 Å². The molecule has 1 aromatic carbocycles. The molecule has 5 heteroatoms. The summed E-state index contributed by atoms with van der Waals surface area (Å²) in [6.07, 6.45) is 0. The average molecular weight is 233 g/mol. The summed E-state index contributed by atoms with van der Waals surface area (Å²) in [4.78, 5) is 6.50. The third-order valence-electron chi connectivity index (χ3n) is 2.78. The highest BCUT2D eigenvalue weighted by atomic mass is 19.2. The first-order valence-electron chi connectivity index (χ1n) is 5.14. The number of rotatable bonds is 1. The van der Waals surface area contributed by atoms with Crippen molar-refractivity contribution >= 4 is 27.6 Å². The van der Waals surface area contributed by atoms with Crippen LogP contribution in [-0.4, -0.2) is 17.0 Å². The first-order chi connectivity index (χ1) is 8.19. The Hall–Kier alpha value is -2.17. The average Bonchev–Trinajstić information content (AvgIpc) is 2.67. The molecule has 0 saturated heterocycles. The Morgan fingerprint density at radius 2 is 2.00 bits per heavy atom. The Morgan fingerprint density at radius 1 is 1.18 bits per heavy atom. The monoisotopic (exact) mass is 233 g/mol. The molecule has 17 heavy (non-hydrogen) atoms. The van der Waals surface area contributed by atoms with E-state index >= 15 is 0 Å². The molecule has 0 atom stereocenters. The normalized spacial score (nSPS) is 11.2. The molecule has 0 aliphatic carbocycles. The first-order valence-corrected chi connectivity index (χ1v) is 5.14. The van der Waals surface area contributed by atoms with Gasteiger partial charge in [0, 0.05) is 29.0 Å². The molecule has 0 unspecified atom stereocenters. The van der Waals surface area contributed by atoms with Crippen LogP contribution < -0.4 is 5.32 Å². The predicted octanol–water partition coefficient (Wildman–Crippen LogP) is 3.04. The fourth-order valence-corrected chi connectivity index (χ4v) is 1.93. The second kappa shape index (κ2) is 3.41. The van der Waals surface area contributed by atoms with Crippen molar-refractivity contribution in [1.29, 1.82) is 0 Å². The lowest BCUT2D eigenvalue weighted by atomic mass is 10.2. The van der Waals surface area contributed by atoms with Crippen LogP contribution >= 0.6 is 0 Å². The predicted molar refractivity (Wildman–Crippen MR) is 63.1 cm³/mol. The van der Waals surface area contributed by atoms with Crippen LogP contribution in [-0.2, 0) is 0 Å². The van der Waals surface area contributed by atoms with Crippen LogP contribution in [0.15, 0.2) is 24.3 Å². The smallest absolute Gasteiger partial charge is 0.250 e. The lowest BCUT2D eigenvalue weighted by Gasteiger charge is -1.99. The number of halogens is 2. The van der Waals surface area contributed by atoms with Crippen LogP contribution in [0.4, 0.5) is 14.5 Å². The van der Waals surface area contributed by atoms with Gasteiger partial charge in [-0.05, 0) is 24.3 Å². The molecule has 3 aromatic rings. The second-order valence-corrected chi connectivity index (χ2v) is 3.79. The minimum Gasteiger partial charge on any atom is -0.388 e. The summed E-state index contributed by atoms with van der Waals surface area (Å²) in [5.74, 6) is -2.02. The molecule has 2 heterocycles. The van der Waals surface area contributed by atoms with Crippen LogP contribution in [0.3, 0.4) is 0 Å². The third-order valence-corrected chi connectivity index (χ3v) is 2.78. The number of fused-ring (bicyclic) bond motifs is 3. The van der Waals surface area contributed by atoms with Gasteiger partial charge >= 0.3 is 0 Å². The SMILES string of the molecule is CNc1ccc2[nH]c3nc(F)c(F)cc3c2c1. The van der Waals surface area contributed by atoms with E-state index in [-0.39, 0.29) is 0 Å². The number of aromatic nitrogens is 2. The zero-order chi connectivity index (χ0) is 12.0. The zero-order valence-electron chi connectivity index (χ0n) is 9.01. The van der Waals surface area contributed by atoms with Gasteiger partial charge in [0.15, 0.2) is 5.82 Å². The van der Waals surface area contributed by atoms with Gasteiger partial charge in [-0.1, -0.05) is 0 Å². The van der Waals surface area contributed by atoms with Crippen molar-refractivity contribution in [1.82, 2.24) is 9.97 Å². The minimum absolute atomic E-state index is 0.354. The van der Waals surface area contributed by atoms with Crippen LogP contribution in [0.1, 0.15) is 0 Å². The fraction of sp³-hybridized carbons (Fsp3) is 0.0833. The summed E-state index contributed by atoms with van der Waals surface area (Å²) in [5.41, 5.74) is 2.06. The lowest BCUT2D eigenvalue weighted by molar-refractivity contribution is 0.483. The van der Waals surface area contributed by atoms with Crippen molar-refractivity contribution in [3.05, 3.63) is 36.0 Å². The number of nitrogens with zero attached hydrogens (tertiary/aromatic N) is 1. The molecule has 86 valence electrons. The van der Waals surface area contributed by atoms with Gasteiger partial charge in [-0.15, -0.1) is 0 Å². The molecule has 0 radical (unpaired) electrons. The molecule has 3 rings (SSSR count). The van der Waals surface area contributed by atoms with Crippen molar-refractivity contribution in [3.63, 3.8) is 0 Å². The topological polar surface area (TPSA) is 40.7 Å². The van der Waals surface area contributed by atoms with Crippen LogP contribution in [0, 0.1) is 11.8 Å². The number of nitrogens with one attached hydrogen (secondary N) is 2. The van der Waals surface area contributed by atoms with Gasteiger partial charge < -0.3 is 10.3 Å². The zero-order valence-corrected chi connectivity index (χ0v) is 9.01. The summed E-state index contributed by atoms with van der Waals surface area (Å²) < 4.78 is 26.2. The maximum atomic E-state index is 13.2. The number of aromatic amines is 1. The van der Waals surface area contributed by atoms with Crippen LogP contribution in [0.25, 0.3) is 21.9 Å². The van der Waals surface area contributed by atoms with Crippen molar-refractivity contribution in [2.75, 3.05) is 12.4 Å². The second-order valence-electron chi connectivity index (χ2n) is 3.79. The number of benzene rings is 1. The minimum atomic E-state index is -1.09. The summed E-state index contributed by atoms with van der Waals surface area (Å²) in [6.45, 7) is 0. The highest BCUT2D eigenvalue weighted by molar-refractivity contribution is 6.06. The number of pyridine rings is 1. The van der Waals surface area contributed by atoms with E-state index in [1.807, 2.05) is 18.2 Å². The lowest BCUT2D eigenvalue weighted by Crippen LogP contribution is -1.89. The molecule has 0 aliphatic rings. The van der Waals surface area contributed by atoms with Gasteiger partial charge in [0.1, 0.15) is 5.65 Å². The van der Waals surface area contributed by atoms with E-state index in [2.05, 4.69) is 15.3 Å². The van der Waals surface area contributed by atoms with E-state index in [4.69, 9.17) is 0 Å². The van der Waals surface area contributed by atoms with Gasteiger partial charge in [-0.25, -0.2) is 4.39 Å². The molecule has 0 fully saturated rings. The molecular weight excluding hydrogens is 224 g/mol. The number of hydrogen-bond donors (Lipinski definition) is 2. The molecule has 3 nitrogen and oxygen atoms in total. The molecule has 0 bridgehead atoms. The molecule has 0 amide bonds. The van der Waals surface area contributed by atoms with Crippen molar-refractivity contribution < 1.29 is 8.78 Å². The maximum Gasteiger partial charge on any atom is 0.250 e. The number of hydrogen-bond acceptors (Lipinski definition) is 2. The summed E-state index contributed by atoms with van der Waals surface area (Å²) in [5, 5.41) is 4.39. The van der Waals surface area contributed by atoms with Gasteiger partial charge in [0.05, 0.1) is 0 Å². The van der Waals surface area contributed by atoms with Gasteiger partial charge in [0.25, 0.3) is 5.95 Å². The largest absolute Gasteiger partial charge is 0.388 e. The van der Waals surface area contributed by atoms with E-state index in [1.165, 1.54) is 0 Å². The third kappa shape index (κ3) is 1.43. The van der Waals surface area contributed by atoms with E-state index in [0.717, 1.165) is 22.7 Å². The number of H-pyrrole nitrogens is 1. The molecular formula is C12H9F2N3. The standard InChI is InChI=1S/C12H9F2N3/c1-15-6-2-3-10-7(4-6)8-5-9(13)11(14)17-12(8)16-10/h2-5,15H,1H3,(H,16,17). The Bertz CT molecular complexity index is 718. The molecule has 2 aromatic heterocycles. The highest BCUT2D eigenvalue weighted by Gasteiger charge is 2.11. The molecule has 0 spiro atoms. The quantitative estimate of drug-likeness (QED) is 0.634. The first kappa shape index (κ1) is 10.0. The van der Waals surface area contributed by atoms with E-state index in [9.17, 15) is 8.78 Å². The summed E-state index contributed by atoms with van der Waals surface area (Å²) in [7, 11) is 1.80. The Morgan fingerprint density at radius 3 is 2.76 bits per heavy atom. The van der Waals surface area contributed by atoms with Crippen LogP contribution in [0.5, 0.6) is 0 Å². The van der Waals surface area contributed by atoms with Crippen molar-refractivity contribution in [2.24, 2.45) is 0 Å². The molecule has 0 saturated carbocycles. The van der Waals surface area contributed by atoms with E-state index in [1.54, 1.807) is 7.05 Å². The highest BCUT2D eigenvalue weighted by Crippen LogP contribution is 2.27. The Labute approximate surface area is 95.5 Å². The van der Waals surface area contributed by atoms with Gasteiger partial charge in [0.2, 0.25) is 0 Å². The maximum absolute atomic E-state index is 13.2. The van der Waals surface area contributed by atoms with Gasteiger partial charge in [-0.3, -0.25) is 0 Å². The summed E-state index contributed by atoms with van der Waals surface area (Å²) in [6, 6.07) is 6.76. The van der Waals surface area contributed by atoms with Gasteiger partial charge in [-0.2, -0.15) is 9.37 Å². The summed E-state index contributed by atoms with van der Waals surface area (Å²) >= 11 is 0. The fourth-order valence-electron chi connectivity index (χ4n) is 1.93. The van der Waals surface area contributed by atoms with E-state index in [0.29, 0.717) is 11.0 Å². The van der Waals surface area contributed by atoms with Crippen molar-refractivity contribution in [3.8, 4) is 0 Å². The molecule has 0 aliphatic heterocycles.